The standard InChI is InChI=1S/C12H11ClN2O3S2/c13-9-4-3-8(6-10(9)14)15-11(16)7-20(17,18)12-2-1-5-19-12/h1-6H,7,14H2,(H,15,16). The van der Waals surface area contributed by atoms with Gasteiger partial charge in [0.25, 0.3) is 0 Å². The van der Waals surface area contributed by atoms with E-state index in [0.717, 1.165) is 11.3 Å². The Morgan fingerprint density at radius 1 is 1.35 bits per heavy atom. The Kier molecular flexibility index (Phi) is 4.32. The van der Waals surface area contributed by atoms with Gasteiger partial charge in [0.05, 0.1) is 10.7 Å². The van der Waals surface area contributed by atoms with Crippen molar-refractivity contribution in [2.24, 2.45) is 0 Å². The fourth-order valence-corrected chi connectivity index (χ4v) is 3.84. The van der Waals surface area contributed by atoms with Gasteiger partial charge in [-0.3, -0.25) is 4.79 Å². The summed E-state index contributed by atoms with van der Waals surface area (Å²) in [5.41, 5.74) is 6.31. The van der Waals surface area contributed by atoms with Gasteiger partial charge in [-0.15, -0.1) is 11.3 Å². The Morgan fingerprint density at radius 3 is 2.70 bits per heavy atom. The maximum atomic E-state index is 11.9. The molecule has 0 saturated heterocycles. The van der Waals surface area contributed by atoms with Crippen molar-refractivity contribution in [3.63, 3.8) is 0 Å². The number of carbonyl (C=O) groups is 1. The first-order valence-electron chi connectivity index (χ1n) is 5.49. The fourth-order valence-electron chi connectivity index (χ4n) is 1.50. The molecule has 3 N–H and O–H groups in total. The zero-order chi connectivity index (χ0) is 14.8. The van der Waals surface area contributed by atoms with Crippen molar-refractivity contribution in [2.45, 2.75) is 4.21 Å². The van der Waals surface area contributed by atoms with Gasteiger partial charge >= 0.3 is 0 Å². The van der Waals surface area contributed by atoms with E-state index in [1.54, 1.807) is 17.5 Å². The number of nitrogens with two attached hydrogens (primary N) is 1. The highest BCUT2D eigenvalue weighted by molar-refractivity contribution is 7.94. The lowest BCUT2D eigenvalue weighted by Crippen LogP contribution is -2.22. The van der Waals surface area contributed by atoms with Gasteiger partial charge in [0.2, 0.25) is 5.91 Å². The lowest BCUT2D eigenvalue weighted by atomic mass is 10.3. The minimum atomic E-state index is -3.61. The Labute approximate surface area is 125 Å². The number of sulfone groups is 1. The number of hydrogen-bond donors (Lipinski definition) is 2. The van der Waals surface area contributed by atoms with E-state index in [1.807, 2.05) is 0 Å². The highest BCUT2D eigenvalue weighted by Gasteiger charge is 2.20. The molecule has 0 radical (unpaired) electrons. The molecular weight excluding hydrogens is 320 g/mol. The Hall–Kier alpha value is -1.57. The van der Waals surface area contributed by atoms with E-state index in [2.05, 4.69) is 5.32 Å². The van der Waals surface area contributed by atoms with Crippen molar-refractivity contribution in [1.82, 2.24) is 0 Å². The van der Waals surface area contributed by atoms with Crippen LogP contribution in [0.15, 0.2) is 39.9 Å². The smallest absolute Gasteiger partial charge is 0.239 e. The number of nitrogens with one attached hydrogen (secondary N) is 1. The molecule has 8 heteroatoms. The number of amides is 1. The van der Waals surface area contributed by atoms with Crippen LogP contribution in [0.4, 0.5) is 11.4 Å². The molecule has 0 atom stereocenters. The first kappa shape index (κ1) is 14.8. The molecule has 0 unspecified atom stereocenters. The fraction of sp³-hybridized carbons (Fsp3) is 0.0833. The van der Waals surface area contributed by atoms with Gasteiger partial charge in [0.1, 0.15) is 9.96 Å². The van der Waals surface area contributed by atoms with Crippen LogP contribution in [0.1, 0.15) is 0 Å². The molecule has 1 amide bonds. The van der Waals surface area contributed by atoms with Crippen molar-refractivity contribution in [2.75, 3.05) is 16.8 Å². The average Bonchev–Trinajstić information content (AvgIpc) is 2.87. The third kappa shape index (κ3) is 3.50. The number of rotatable bonds is 4. The lowest BCUT2D eigenvalue weighted by molar-refractivity contribution is -0.113. The second-order valence-corrected chi connectivity index (χ2v) is 7.55. The van der Waals surface area contributed by atoms with Crippen LogP contribution in [0.25, 0.3) is 0 Å². The summed E-state index contributed by atoms with van der Waals surface area (Å²) in [5.74, 6) is -1.24. The zero-order valence-corrected chi connectivity index (χ0v) is 12.6. The van der Waals surface area contributed by atoms with E-state index in [1.165, 1.54) is 18.2 Å². The monoisotopic (exact) mass is 330 g/mol. The van der Waals surface area contributed by atoms with E-state index in [4.69, 9.17) is 17.3 Å². The maximum Gasteiger partial charge on any atom is 0.239 e. The van der Waals surface area contributed by atoms with Crippen molar-refractivity contribution < 1.29 is 13.2 Å². The second-order valence-electron chi connectivity index (χ2n) is 3.98. The molecule has 1 aromatic heterocycles. The third-order valence-electron chi connectivity index (χ3n) is 2.40. The van der Waals surface area contributed by atoms with Crippen LogP contribution in [-0.4, -0.2) is 20.1 Å². The van der Waals surface area contributed by atoms with Crippen LogP contribution in [0, 0.1) is 0 Å². The summed E-state index contributed by atoms with van der Waals surface area (Å²) >= 11 is 6.84. The van der Waals surface area contributed by atoms with E-state index < -0.39 is 21.5 Å². The molecule has 2 aromatic rings. The first-order chi connectivity index (χ1) is 9.38. The summed E-state index contributed by atoms with van der Waals surface area (Å²) in [6, 6.07) is 7.63. The molecule has 0 spiro atoms. The van der Waals surface area contributed by atoms with E-state index in [0.29, 0.717) is 16.4 Å². The van der Waals surface area contributed by atoms with Gasteiger partial charge in [-0.1, -0.05) is 17.7 Å². The molecule has 0 saturated carbocycles. The molecule has 1 aromatic carbocycles. The summed E-state index contributed by atoms with van der Waals surface area (Å²) in [4.78, 5) is 11.8. The number of thiophene rings is 1. The minimum Gasteiger partial charge on any atom is -0.397 e. The molecule has 5 nitrogen and oxygen atoms in total. The Bertz CT molecular complexity index is 727. The zero-order valence-electron chi connectivity index (χ0n) is 10.2. The first-order valence-corrected chi connectivity index (χ1v) is 8.40. The Balaban J connectivity index is 2.08. The largest absolute Gasteiger partial charge is 0.397 e. The van der Waals surface area contributed by atoms with Crippen molar-refractivity contribution in [3.8, 4) is 0 Å². The molecule has 2 rings (SSSR count). The predicted molar refractivity (Wildman–Crippen MR) is 80.9 cm³/mol. The van der Waals surface area contributed by atoms with E-state index >= 15 is 0 Å². The van der Waals surface area contributed by atoms with Crippen LogP contribution in [0.3, 0.4) is 0 Å². The van der Waals surface area contributed by atoms with E-state index in [9.17, 15) is 13.2 Å². The summed E-state index contributed by atoms with van der Waals surface area (Å²) in [5, 5.41) is 4.49. The van der Waals surface area contributed by atoms with Crippen LogP contribution in [0.5, 0.6) is 0 Å². The number of carbonyl (C=O) groups excluding carboxylic acids is 1. The Morgan fingerprint density at radius 2 is 2.10 bits per heavy atom. The average molecular weight is 331 g/mol. The molecule has 0 bridgehead atoms. The van der Waals surface area contributed by atoms with Gasteiger partial charge in [-0.25, -0.2) is 8.42 Å². The molecule has 106 valence electrons. The summed E-state index contributed by atoms with van der Waals surface area (Å²) in [6.45, 7) is 0. The van der Waals surface area contributed by atoms with Crippen molar-refractivity contribution in [1.29, 1.82) is 0 Å². The van der Waals surface area contributed by atoms with Gasteiger partial charge in [-0.2, -0.15) is 0 Å². The van der Waals surface area contributed by atoms with Crippen molar-refractivity contribution in [3.05, 3.63) is 40.7 Å². The van der Waals surface area contributed by atoms with Crippen molar-refractivity contribution >= 4 is 50.1 Å². The summed E-state index contributed by atoms with van der Waals surface area (Å²) in [6.07, 6.45) is 0. The number of benzene rings is 1. The van der Waals surface area contributed by atoms with Gasteiger partial charge < -0.3 is 11.1 Å². The molecule has 0 aliphatic rings. The lowest BCUT2D eigenvalue weighted by Gasteiger charge is -2.07. The minimum absolute atomic E-state index is 0.170. The van der Waals surface area contributed by atoms with E-state index in [-0.39, 0.29) is 4.21 Å². The normalized spacial score (nSPS) is 11.2. The highest BCUT2D eigenvalue weighted by atomic mass is 35.5. The molecule has 0 aliphatic carbocycles. The summed E-state index contributed by atoms with van der Waals surface area (Å²) < 4.78 is 24.0. The molecule has 20 heavy (non-hydrogen) atoms. The molecule has 0 aliphatic heterocycles. The SMILES string of the molecule is Nc1cc(NC(=O)CS(=O)(=O)c2cccs2)ccc1Cl. The quantitative estimate of drug-likeness (QED) is 0.842. The van der Waals surface area contributed by atoms with Gasteiger partial charge in [-0.05, 0) is 29.6 Å². The topological polar surface area (TPSA) is 89.3 Å². The number of nitrogen functional groups attached to an aromatic ring is 1. The number of hydrogen-bond acceptors (Lipinski definition) is 5. The van der Waals surface area contributed by atoms with Crippen LogP contribution in [-0.2, 0) is 14.6 Å². The highest BCUT2D eigenvalue weighted by Crippen LogP contribution is 2.23. The van der Waals surface area contributed by atoms with Gasteiger partial charge in [0.15, 0.2) is 9.84 Å². The summed E-state index contributed by atoms with van der Waals surface area (Å²) in [7, 11) is -3.61. The predicted octanol–water partition coefficient (Wildman–Crippen LogP) is 2.40. The maximum absolute atomic E-state index is 11.9. The molecule has 0 fully saturated rings. The van der Waals surface area contributed by atoms with Gasteiger partial charge in [0, 0.05) is 5.69 Å². The molecular formula is C12H11ClN2O3S2. The van der Waals surface area contributed by atoms with Crippen LogP contribution < -0.4 is 11.1 Å². The van der Waals surface area contributed by atoms with Crippen LogP contribution >= 0.6 is 22.9 Å². The third-order valence-corrected chi connectivity index (χ3v) is 5.85. The molecule has 1 heterocycles. The number of anilines is 2. The number of halogens is 1. The second kappa shape index (κ2) is 5.82. The van der Waals surface area contributed by atoms with Crippen LogP contribution in [0.2, 0.25) is 5.02 Å².